The van der Waals surface area contributed by atoms with Gasteiger partial charge in [-0.3, -0.25) is 0 Å². The molecule has 5 heteroatoms. The number of benzene rings is 1. The van der Waals surface area contributed by atoms with Gasteiger partial charge in [0.25, 0.3) is 0 Å². The van der Waals surface area contributed by atoms with Crippen molar-refractivity contribution in [1.82, 2.24) is 0 Å². The van der Waals surface area contributed by atoms with Gasteiger partial charge in [-0.25, -0.2) is 0 Å². The molecule has 0 heterocycles. The van der Waals surface area contributed by atoms with Gasteiger partial charge in [0.2, 0.25) is 0 Å². The van der Waals surface area contributed by atoms with Crippen LogP contribution in [0.5, 0.6) is 0 Å². The van der Waals surface area contributed by atoms with Crippen LogP contribution in [0, 0.1) is 0 Å². The number of rotatable bonds is 10. The molecule has 0 fully saturated rings. The lowest BCUT2D eigenvalue weighted by atomic mass is 10.3. The summed E-state index contributed by atoms with van der Waals surface area (Å²) in [6, 6.07) is 6.16. The maximum atomic E-state index is 5.89. The van der Waals surface area contributed by atoms with Gasteiger partial charge >= 0.3 is 0 Å². The number of hydrogen-bond donors (Lipinski definition) is 2. The van der Waals surface area contributed by atoms with E-state index >= 15 is 0 Å². The van der Waals surface area contributed by atoms with Crippen LogP contribution in [0.15, 0.2) is 23.1 Å². The Morgan fingerprint density at radius 3 is 2.53 bits per heavy atom. The quantitative estimate of drug-likeness (QED) is 0.383. The Hall–Kier alpha value is -0.130. The van der Waals surface area contributed by atoms with Crippen LogP contribution in [0.25, 0.3) is 0 Å². The zero-order valence-corrected chi connectivity index (χ0v) is 14.2. The highest BCUT2D eigenvalue weighted by Gasteiger charge is 2.03. The minimum atomic E-state index is 0.849. The van der Waals surface area contributed by atoms with Gasteiger partial charge in [0.15, 0.2) is 0 Å². The van der Waals surface area contributed by atoms with Crippen LogP contribution in [0.3, 0.4) is 0 Å². The van der Waals surface area contributed by atoms with Gasteiger partial charge in [0.1, 0.15) is 0 Å². The van der Waals surface area contributed by atoms with Crippen molar-refractivity contribution in [3.05, 3.63) is 18.2 Å². The summed E-state index contributed by atoms with van der Waals surface area (Å²) in [5.41, 5.74) is 7.96. The van der Waals surface area contributed by atoms with E-state index in [4.69, 9.17) is 5.73 Å². The van der Waals surface area contributed by atoms with E-state index < -0.39 is 0 Å². The number of anilines is 2. The van der Waals surface area contributed by atoms with Gasteiger partial charge in [-0.05, 0) is 60.8 Å². The third kappa shape index (κ3) is 7.28. The maximum absolute atomic E-state index is 5.89. The van der Waals surface area contributed by atoms with Gasteiger partial charge in [0.05, 0.1) is 0 Å². The van der Waals surface area contributed by atoms with E-state index in [9.17, 15) is 0 Å². The third-order valence-electron chi connectivity index (χ3n) is 2.60. The molecule has 0 spiro atoms. The monoisotopic (exact) mass is 316 g/mol. The predicted octanol–water partition coefficient (Wildman–Crippen LogP) is 4.28. The smallest absolute Gasteiger partial charge is 0.0479 e. The van der Waals surface area contributed by atoms with Crippen LogP contribution in [-0.2, 0) is 0 Å². The van der Waals surface area contributed by atoms with E-state index in [1.54, 1.807) is 0 Å². The standard InChI is InChI=1S/C14H24N2S3/c1-17-8-3-7-16-13-6-5-12(15)11-14(13)19-10-4-9-18-2/h5-6,11,16H,3-4,7-10,15H2,1-2H3. The molecule has 0 saturated carbocycles. The van der Waals surface area contributed by atoms with E-state index in [0.29, 0.717) is 0 Å². The number of nitrogens with two attached hydrogens (primary N) is 1. The van der Waals surface area contributed by atoms with Crippen LogP contribution < -0.4 is 11.1 Å². The first kappa shape index (κ1) is 16.9. The average molecular weight is 317 g/mol. The van der Waals surface area contributed by atoms with Crippen molar-refractivity contribution >= 4 is 46.7 Å². The Labute approximate surface area is 130 Å². The molecule has 19 heavy (non-hydrogen) atoms. The van der Waals surface area contributed by atoms with Crippen molar-refractivity contribution in [2.24, 2.45) is 0 Å². The van der Waals surface area contributed by atoms with Crippen molar-refractivity contribution in [1.29, 1.82) is 0 Å². The Kier molecular flexibility index (Phi) is 9.47. The summed E-state index contributed by atoms with van der Waals surface area (Å²) in [5, 5.41) is 3.52. The summed E-state index contributed by atoms with van der Waals surface area (Å²) in [5.74, 6) is 3.59. The fourth-order valence-corrected chi connectivity index (χ4v) is 3.70. The summed E-state index contributed by atoms with van der Waals surface area (Å²) < 4.78 is 0. The molecule has 0 unspecified atom stereocenters. The molecule has 108 valence electrons. The molecule has 0 aliphatic heterocycles. The number of nitrogen functional groups attached to an aromatic ring is 1. The van der Waals surface area contributed by atoms with Crippen LogP contribution in [0.1, 0.15) is 12.8 Å². The van der Waals surface area contributed by atoms with Crippen LogP contribution >= 0.6 is 35.3 Å². The van der Waals surface area contributed by atoms with Crippen molar-refractivity contribution in [3.8, 4) is 0 Å². The third-order valence-corrected chi connectivity index (χ3v) is 5.13. The SMILES string of the molecule is CSCCCNc1ccc(N)cc1SCCCSC. The molecule has 2 nitrogen and oxygen atoms in total. The molecule has 0 amide bonds. The minimum absolute atomic E-state index is 0.849. The first-order valence-electron chi connectivity index (χ1n) is 6.52. The van der Waals surface area contributed by atoms with Crippen LogP contribution in [0.2, 0.25) is 0 Å². The van der Waals surface area contributed by atoms with Gasteiger partial charge < -0.3 is 11.1 Å². The molecule has 0 aliphatic carbocycles. The van der Waals surface area contributed by atoms with E-state index in [1.165, 1.54) is 34.9 Å². The first-order valence-corrected chi connectivity index (χ1v) is 10.3. The Balaban J connectivity index is 2.48. The lowest BCUT2D eigenvalue weighted by Crippen LogP contribution is -2.04. The fourth-order valence-electron chi connectivity index (χ4n) is 1.63. The Bertz CT molecular complexity index is 359. The summed E-state index contributed by atoms with van der Waals surface area (Å²) in [4.78, 5) is 1.28. The van der Waals surface area contributed by atoms with Gasteiger partial charge in [-0.15, -0.1) is 11.8 Å². The molecular formula is C14H24N2S3. The molecular weight excluding hydrogens is 292 g/mol. The zero-order valence-electron chi connectivity index (χ0n) is 11.8. The highest BCUT2D eigenvalue weighted by atomic mass is 32.2. The molecule has 3 N–H and O–H groups in total. The highest BCUT2D eigenvalue weighted by molar-refractivity contribution is 8.00. The van der Waals surface area contributed by atoms with E-state index in [1.807, 2.05) is 41.4 Å². The molecule has 0 atom stereocenters. The van der Waals surface area contributed by atoms with E-state index in [2.05, 4.69) is 30.0 Å². The Morgan fingerprint density at radius 2 is 1.79 bits per heavy atom. The number of hydrogen-bond acceptors (Lipinski definition) is 5. The van der Waals surface area contributed by atoms with Crippen molar-refractivity contribution < 1.29 is 0 Å². The molecule has 1 aromatic rings. The highest BCUT2D eigenvalue weighted by Crippen LogP contribution is 2.30. The van der Waals surface area contributed by atoms with Gasteiger partial charge in [-0.2, -0.15) is 23.5 Å². The Morgan fingerprint density at radius 1 is 1.05 bits per heavy atom. The van der Waals surface area contributed by atoms with Crippen molar-refractivity contribution in [2.45, 2.75) is 17.7 Å². The molecule has 0 aromatic heterocycles. The second-order valence-electron chi connectivity index (χ2n) is 4.22. The fraction of sp³-hybridized carbons (Fsp3) is 0.571. The second kappa shape index (κ2) is 10.6. The molecule has 0 radical (unpaired) electrons. The van der Waals surface area contributed by atoms with Gasteiger partial charge in [0, 0.05) is 22.8 Å². The predicted molar refractivity (Wildman–Crippen MR) is 96.1 cm³/mol. The summed E-state index contributed by atoms with van der Waals surface area (Å²) in [6.07, 6.45) is 6.74. The van der Waals surface area contributed by atoms with E-state index in [0.717, 1.165) is 18.0 Å². The maximum Gasteiger partial charge on any atom is 0.0479 e. The lowest BCUT2D eigenvalue weighted by molar-refractivity contribution is 0.987. The first-order chi connectivity index (χ1) is 9.27. The minimum Gasteiger partial charge on any atom is -0.399 e. The summed E-state index contributed by atoms with van der Waals surface area (Å²) >= 11 is 5.71. The summed E-state index contributed by atoms with van der Waals surface area (Å²) in [6.45, 7) is 1.03. The summed E-state index contributed by atoms with van der Waals surface area (Å²) in [7, 11) is 0. The van der Waals surface area contributed by atoms with Crippen LogP contribution in [-0.4, -0.2) is 36.3 Å². The normalized spacial score (nSPS) is 10.6. The average Bonchev–Trinajstić information content (AvgIpc) is 2.41. The number of nitrogens with one attached hydrogen (secondary N) is 1. The zero-order chi connectivity index (χ0) is 13.9. The van der Waals surface area contributed by atoms with E-state index in [-0.39, 0.29) is 0 Å². The van der Waals surface area contributed by atoms with Crippen LogP contribution in [0.4, 0.5) is 11.4 Å². The molecule has 0 saturated heterocycles. The molecule has 0 bridgehead atoms. The largest absolute Gasteiger partial charge is 0.399 e. The topological polar surface area (TPSA) is 38.0 Å². The molecule has 1 rings (SSSR count). The van der Waals surface area contributed by atoms with Gasteiger partial charge in [-0.1, -0.05) is 0 Å². The second-order valence-corrected chi connectivity index (χ2v) is 7.33. The number of thioether (sulfide) groups is 3. The molecule has 1 aromatic carbocycles. The van der Waals surface area contributed by atoms with Crippen molar-refractivity contribution in [2.75, 3.05) is 47.4 Å². The molecule has 0 aliphatic rings. The van der Waals surface area contributed by atoms with Crippen molar-refractivity contribution in [3.63, 3.8) is 0 Å². The lowest BCUT2D eigenvalue weighted by Gasteiger charge is -2.12.